The molecule has 0 fully saturated rings. The fourth-order valence-corrected chi connectivity index (χ4v) is 3.05. The Morgan fingerprint density at radius 1 is 1.04 bits per heavy atom. The van der Waals surface area contributed by atoms with E-state index in [1.165, 1.54) is 6.21 Å². The van der Waals surface area contributed by atoms with Crippen LogP contribution in [0, 0.1) is 0 Å². The molecule has 132 valence electrons. The summed E-state index contributed by atoms with van der Waals surface area (Å²) in [4.78, 5) is 17.4. The number of furan rings is 1. The molecule has 0 aliphatic rings. The first kappa shape index (κ1) is 17.2. The zero-order valence-corrected chi connectivity index (χ0v) is 15.7. The quantitative estimate of drug-likeness (QED) is 0.372. The van der Waals surface area contributed by atoms with E-state index in [1.807, 2.05) is 54.6 Å². The molecule has 4 rings (SSSR count). The van der Waals surface area contributed by atoms with Crippen LogP contribution in [0.3, 0.4) is 0 Å². The topological polar surface area (TPSA) is 67.5 Å². The highest BCUT2D eigenvalue weighted by molar-refractivity contribution is 9.10. The normalized spacial score (nSPS) is 11.1. The lowest BCUT2D eigenvalue weighted by molar-refractivity contribution is 0.0956. The smallest absolute Gasteiger partial charge is 0.272 e. The number of pyridine rings is 1. The molecule has 1 N–H and O–H groups in total. The molecule has 0 saturated carbocycles. The van der Waals surface area contributed by atoms with Gasteiger partial charge in [-0.3, -0.25) is 4.79 Å². The molecule has 4 aromatic rings. The summed E-state index contributed by atoms with van der Waals surface area (Å²) in [5, 5.41) is 4.75. The number of carbonyl (C=O) groups excluding carboxylic acids is 1. The number of benzene rings is 2. The number of amides is 1. The minimum atomic E-state index is -0.312. The third-order valence-corrected chi connectivity index (χ3v) is 4.41. The standard InChI is InChI=1S/C21H14BrN3O2/c22-20-11-10-15(27-20)13-23-25-21(26)17-12-19(14-6-2-1-3-7-14)24-18-9-5-4-8-16(17)18/h1-13H,(H,25,26). The monoisotopic (exact) mass is 419 g/mol. The Morgan fingerprint density at radius 2 is 1.81 bits per heavy atom. The predicted octanol–water partition coefficient (Wildman–Crippen LogP) is 5.02. The number of hydrazone groups is 1. The van der Waals surface area contributed by atoms with Gasteiger partial charge in [0.05, 0.1) is 23.0 Å². The Balaban J connectivity index is 1.69. The van der Waals surface area contributed by atoms with E-state index in [9.17, 15) is 4.79 Å². The van der Waals surface area contributed by atoms with Crippen LogP contribution in [0.2, 0.25) is 0 Å². The highest BCUT2D eigenvalue weighted by Crippen LogP contribution is 2.24. The molecule has 2 heterocycles. The van der Waals surface area contributed by atoms with Crippen molar-refractivity contribution < 1.29 is 9.21 Å². The van der Waals surface area contributed by atoms with Crippen molar-refractivity contribution in [2.45, 2.75) is 0 Å². The van der Waals surface area contributed by atoms with Gasteiger partial charge in [0.2, 0.25) is 0 Å². The summed E-state index contributed by atoms with van der Waals surface area (Å²) in [6.45, 7) is 0. The van der Waals surface area contributed by atoms with Gasteiger partial charge in [-0.15, -0.1) is 0 Å². The van der Waals surface area contributed by atoms with Gasteiger partial charge < -0.3 is 4.42 Å². The van der Waals surface area contributed by atoms with Gasteiger partial charge in [0.25, 0.3) is 5.91 Å². The number of hydrogen-bond donors (Lipinski definition) is 1. The van der Waals surface area contributed by atoms with Gasteiger partial charge >= 0.3 is 0 Å². The van der Waals surface area contributed by atoms with Crippen molar-refractivity contribution in [3.05, 3.63) is 88.8 Å². The average molecular weight is 420 g/mol. The number of carbonyl (C=O) groups is 1. The van der Waals surface area contributed by atoms with E-state index >= 15 is 0 Å². The van der Waals surface area contributed by atoms with Crippen molar-refractivity contribution in [3.8, 4) is 11.3 Å². The number of rotatable bonds is 4. The van der Waals surface area contributed by atoms with Gasteiger partial charge in [-0.2, -0.15) is 5.10 Å². The minimum Gasteiger partial charge on any atom is -0.448 e. The minimum absolute atomic E-state index is 0.312. The molecule has 6 heteroatoms. The number of nitrogens with zero attached hydrogens (tertiary/aromatic N) is 2. The number of aromatic nitrogens is 1. The van der Waals surface area contributed by atoms with Crippen LogP contribution in [0.25, 0.3) is 22.2 Å². The van der Waals surface area contributed by atoms with Gasteiger partial charge in [0.1, 0.15) is 5.76 Å². The molecular weight excluding hydrogens is 406 g/mol. The van der Waals surface area contributed by atoms with Crippen LogP contribution in [0.15, 0.2) is 87.0 Å². The molecule has 1 amide bonds. The summed E-state index contributed by atoms with van der Waals surface area (Å²) in [5.74, 6) is 0.222. The zero-order chi connectivity index (χ0) is 18.6. The largest absolute Gasteiger partial charge is 0.448 e. The van der Waals surface area contributed by atoms with Crippen LogP contribution in [0.4, 0.5) is 0 Å². The maximum Gasteiger partial charge on any atom is 0.272 e. The lowest BCUT2D eigenvalue weighted by Crippen LogP contribution is -2.18. The van der Waals surface area contributed by atoms with Crippen LogP contribution in [0.5, 0.6) is 0 Å². The molecule has 27 heavy (non-hydrogen) atoms. The molecule has 0 spiro atoms. The second kappa shape index (κ2) is 7.55. The summed E-state index contributed by atoms with van der Waals surface area (Å²) in [7, 11) is 0. The summed E-state index contributed by atoms with van der Waals surface area (Å²) in [5.41, 5.74) is 5.50. The summed E-state index contributed by atoms with van der Waals surface area (Å²) >= 11 is 3.22. The fraction of sp³-hybridized carbons (Fsp3) is 0. The first-order valence-electron chi connectivity index (χ1n) is 8.25. The highest BCUT2D eigenvalue weighted by Gasteiger charge is 2.13. The molecule has 0 unspecified atom stereocenters. The Hall–Kier alpha value is -3.25. The van der Waals surface area contributed by atoms with Crippen molar-refractivity contribution in [1.82, 2.24) is 10.4 Å². The molecule has 0 bridgehead atoms. The van der Waals surface area contributed by atoms with E-state index in [2.05, 4.69) is 31.4 Å². The van der Waals surface area contributed by atoms with Crippen LogP contribution < -0.4 is 5.43 Å². The molecule has 0 aliphatic heterocycles. The predicted molar refractivity (Wildman–Crippen MR) is 109 cm³/mol. The number of para-hydroxylation sites is 1. The average Bonchev–Trinajstić information content (AvgIpc) is 3.12. The molecule has 0 radical (unpaired) electrons. The molecule has 2 aromatic heterocycles. The van der Waals surface area contributed by atoms with Crippen molar-refractivity contribution >= 4 is 39.0 Å². The SMILES string of the molecule is O=C(NN=Cc1ccc(Br)o1)c1cc(-c2ccccc2)nc2ccccc12. The van der Waals surface area contributed by atoms with E-state index in [0.29, 0.717) is 16.0 Å². The Bertz CT molecular complexity index is 1140. The fourth-order valence-electron chi connectivity index (χ4n) is 2.73. The van der Waals surface area contributed by atoms with E-state index in [-0.39, 0.29) is 5.91 Å². The first-order chi connectivity index (χ1) is 13.2. The first-order valence-corrected chi connectivity index (χ1v) is 9.04. The molecule has 0 aliphatic carbocycles. The number of hydrogen-bond acceptors (Lipinski definition) is 4. The van der Waals surface area contributed by atoms with Crippen molar-refractivity contribution in [1.29, 1.82) is 0 Å². The van der Waals surface area contributed by atoms with Crippen molar-refractivity contribution in [3.63, 3.8) is 0 Å². The van der Waals surface area contributed by atoms with Gasteiger partial charge in [-0.05, 0) is 40.2 Å². The van der Waals surface area contributed by atoms with E-state index < -0.39 is 0 Å². The van der Waals surface area contributed by atoms with E-state index in [0.717, 1.165) is 22.2 Å². The molecule has 5 nitrogen and oxygen atoms in total. The molecule has 0 saturated heterocycles. The Labute approximate surface area is 163 Å². The molecular formula is C21H14BrN3O2. The second-order valence-electron chi connectivity index (χ2n) is 5.78. The highest BCUT2D eigenvalue weighted by atomic mass is 79.9. The Kier molecular flexibility index (Phi) is 4.80. The third-order valence-electron chi connectivity index (χ3n) is 3.98. The van der Waals surface area contributed by atoms with Gasteiger partial charge in [0.15, 0.2) is 4.67 Å². The van der Waals surface area contributed by atoms with E-state index in [4.69, 9.17) is 4.42 Å². The summed E-state index contributed by atoms with van der Waals surface area (Å²) in [6, 6.07) is 22.6. The second-order valence-corrected chi connectivity index (χ2v) is 6.56. The molecule has 2 aromatic carbocycles. The summed E-state index contributed by atoms with van der Waals surface area (Å²) < 4.78 is 5.92. The van der Waals surface area contributed by atoms with E-state index in [1.54, 1.807) is 18.2 Å². The van der Waals surface area contributed by atoms with Gasteiger partial charge in [0, 0.05) is 10.9 Å². The van der Waals surface area contributed by atoms with Crippen LogP contribution in [-0.4, -0.2) is 17.1 Å². The van der Waals surface area contributed by atoms with Crippen LogP contribution in [-0.2, 0) is 0 Å². The maximum absolute atomic E-state index is 12.7. The lowest BCUT2D eigenvalue weighted by atomic mass is 10.0. The van der Waals surface area contributed by atoms with Gasteiger partial charge in [-0.25, -0.2) is 10.4 Å². The third kappa shape index (κ3) is 3.80. The number of halogens is 1. The van der Waals surface area contributed by atoms with Crippen LogP contribution >= 0.6 is 15.9 Å². The number of fused-ring (bicyclic) bond motifs is 1. The van der Waals surface area contributed by atoms with Crippen molar-refractivity contribution in [2.75, 3.05) is 0 Å². The zero-order valence-electron chi connectivity index (χ0n) is 14.1. The van der Waals surface area contributed by atoms with Gasteiger partial charge in [-0.1, -0.05) is 48.5 Å². The number of nitrogens with one attached hydrogen (secondary N) is 1. The Morgan fingerprint density at radius 3 is 2.59 bits per heavy atom. The molecule has 0 atom stereocenters. The summed E-state index contributed by atoms with van der Waals surface area (Å²) in [6.07, 6.45) is 1.45. The van der Waals surface area contributed by atoms with Crippen LogP contribution in [0.1, 0.15) is 16.1 Å². The van der Waals surface area contributed by atoms with Crippen molar-refractivity contribution in [2.24, 2.45) is 5.10 Å². The maximum atomic E-state index is 12.7. The lowest BCUT2D eigenvalue weighted by Gasteiger charge is -2.08.